The van der Waals surface area contributed by atoms with E-state index in [4.69, 9.17) is 0 Å². The second kappa shape index (κ2) is 7.98. The van der Waals surface area contributed by atoms with Gasteiger partial charge in [-0.1, -0.05) is 19.8 Å². The lowest BCUT2D eigenvalue weighted by atomic mass is 9.84. The van der Waals surface area contributed by atoms with Crippen LogP contribution in [-0.2, 0) is 7.05 Å². The van der Waals surface area contributed by atoms with E-state index >= 15 is 0 Å². The van der Waals surface area contributed by atoms with E-state index in [1.807, 2.05) is 17.9 Å². The zero-order chi connectivity index (χ0) is 17.1. The lowest BCUT2D eigenvalue weighted by molar-refractivity contribution is 0.00676. The largest absolute Gasteiger partial charge is 0.391 e. The number of aryl methyl sites for hydroxylation is 1. The van der Waals surface area contributed by atoms with E-state index in [0.717, 1.165) is 25.9 Å². The van der Waals surface area contributed by atoms with Crippen LogP contribution in [0, 0.1) is 5.92 Å². The summed E-state index contributed by atoms with van der Waals surface area (Å²) in [5, 5.41) is 14.8. The smallest absolute Gasteiger partial charge is 0.0695 e. The molecular weight excluding hydrogens is 300 g/mol. The van der Waals surface area contributed by atoms with Gasteiger partial charge >= 0.3 is 0 Å². The van der Waals surface area contributed by atoms with Crippen molar-refractivity contribution >= 4 is 0 Å². The van der Waals surface area contributed by atoms with E-state index in [1.54, 1.807) is 0 Å². The Labute approximate surface area is 146 Å². The van der Waals surface area contributed by atoms with Gasteiger partial charge in [0, 0.05) is 37.4 Å². The van der Waals surface area contributed by atoms with E-state index in [1.165, 1.54) is 37.8 Å². The summed E-state index contributed by atoms with van der Waals surface area (Å²) in [4.78, 5) is 5.05. The molecule has 5 nitrogen and oxygen atoms in total. The summed E-state index contributed by atoms with van der Waals surface area (Å²) in [6, 6.07) is 0.797. The van der Waals surface area contributed by atoms with Gasteiger partial charge in [-0.05, 0) is 51.7 Å². The number of rotatable bonds is 5. The fourth-order valence-electron chi connectivity index (χ4n) is 4.88. The number of piperidine rings is 1. The molecule has 24 heavy (non-hydrogen) atoms. The molecule has 136 valence electrons. The van der Waals surface area contributed by atoms with Gasteiger partial charge in [-0.2, -0.15) is 5.10 Å². The number of aromatic nitrogens is 2. The van der Waals surface area contributed by atoms with Crippen LogP contribution in [0.15, 0.2) is 12.4 Å². The fraction of sp³-hybridized carbons (Fsp3) is 0.842. The van der Waals surface area contributed by atoms with Gasteiger partial charge < -0.3 is 10.0 Å². The van der Waals surface area contributed by atoms with Crippen LogP contribution in [0.5, 0.6) is 0 Å². The van der Waals surface area contributed by atoms with Crippen LogP contribution in [0.4, 0.5) is 0 Å². The molecule has 1 aliphatic carbocycles. The fourth-order valence-corrected chi connectivity index (χ4v) is 4.88. The first kappa shape index (κ1) is 17.9. The minimum Gasteiger partial charge on any atom is -0.391 e. The van der Waals surface area contributed by atoms with Crippen molar-refractivity contribution in [1.82, 2.24) is 19.6 Å². The predicted octanol–water partition coefficient (Wildman–Crippen LogP) is 2.43. The lowest BCUT2D eigenvalue weighted by Gasteiger charge is -2.44. The normalized spacial score (nSPS) is 32.4. The minimum absolute atomic E-state index is 0.147. The van der Waals surface area contributed by atoms with Gasteiger partial charge in [0.25, 0.3) is 0 Å². The maximum absolute atomic E-state index is 10.4. The van der Waals surface area contributed by atoms with Crippen LogP contribution < -0.4 is 0 Å². The lowest BCUT2D eigenvalue weighted by Crippen LogP contribution is -2.48. The Morgan fingerprint density at radius 2 is 2.04 bits per heavy atom. The topological polar surface area (TPSA) is 44.5 Å². The Hall–Kier alpha value is -0.910. The highest BCUT2D eigenvalue weighted by atomic mass is 16.3. The molecule has 3 rings (SSSR count). The number of nitrogens with zero attached hydrogens (tertiary/aromatic N) is 4. The first-order chi connectivity index (χ1) is 11.6. The molecule has 0 spiro atoms. The minimum atomic E-state index is -0.147. The summed E-state index contributed by atoms with van der Waals surface area (Å²) in [5.41, 5.74) is 1.35. The number of hydrogen-bond acceptors (Lipinski definition) is 4. The maximum Gasteiger partial charge on any atom is 0.0695 e. The Balaban J connectivity index is 1.73. The molecular formula is C19H34N4O. The molecule has 0 radical (unpaired) electrons. The highest BCUT2D eigenvalue weighted by Gasteiger charge is 2.35. The summed E-state index contributed by atoms with van der Waals surface area (Å²) in [6.07, 6.45) is 11.2. The van der Waals surface area contributed by atoms with Crippen LogP contribution in [0.2, 0.25) is 0 Å². The van der Waals surface area contributed by atoms with Crippen molar-refractivity contribution in [2.45, 2.75) is 63.6 Å². The Kier molecular flexibility index (Phi) is 5.95. The third-order valence-electron chi connectivity index (χ3n) is 6.12. The first-order valence-corrected chi connectivity index (χ1v) is 9.71. The zero-order valence-corrected chi connectivity index (χ0v) is 15.6. The van der Waals surface area contributed by atoms with Crippen LogP contribution >= 0.6 is 0 Å². The number of aliphatic hydroxyl groups is 1. The first-order valence-electron chi connectivity index (χ1n) is 9.71. The highest BCUT2D eigenvalue weighted by molar-refractivity contribution is 5.13. The van der Waals surface area contributed by atoms with Crippen LogP contribution in [0.25, 0.3) is 0 Å². The molecule has 1 aromatic heterocycles. The highest BCUT2D eigenvalue weighted by Crippen LogP contribution is 2.37. The molecule has 2 heterocycles. The monoisotopic (exact) mass is 334 g/mol. The molecule has 1 N–H and O–H groups in total. The van der Waals surface area contributed by atoms with Gasteiger partial charge in [0.05, 0.1) is 12.3 Å². The summed E-state index contributed by atoms with van der Waals surface area (Å²) >= 11 is 0. The van der Waals surface area contributed by atoms with Crippen molar-refractivity contribution < 1.29 is 5.11 Å². The van der Waals surface area contributed by atoms with Gasteiger partial charge in [0.2, 0.25) is 0 Å². The number of hydrogen-bond donors (Lipinski definition) is 1. The number of aliphatic hydroxyl groups excluding tert-OH is 1. The Morgan fingerprint density at radius 1 is 1.25 bits per heavy atom. The summed E-state index contributed by atoms with van der Waals surface area (Å²) in [7, 11) is 4.21. The van der Waals surface area contributed by atoms with Gasteiger partial charge in [0.15, 0.2) is 0 Å². The molecule has 0 aromatic carbocycles. The van der Waals surface area contributed by atoms with Crippen molar-refractivity contribution in [1.29, 1.82) is 0 Å². The van der Waals surface area contributed by atoms with Crippen molar-refractivity contribution in [3.8, 4) is 0 Å². The molecule has 1 saturated carbocycles. The molecule has 2 aliphatic rings. The van der Waals surface area contributed by atoms with Gasteiger partial charge in [-0.15, -0.1) is 0 Å². The summed E-state index contributed by atoms with van der Waals surface area (Å²) in [5.74, 6) is 0.613. The second-order valence-corrected chi connectivity index (χ2v) is 7.78. The van der Waals surface area contributed by atoms with Crippen molar-refractivity contribution in [3.63, 3.8) is 0 Å². The number of likely N-dealkylation sites (N-methyl/N-ethyl adjacent to an activating group) is 1. The molecule has 4 atom stereocenters. The SMILES string of the molecule is CCN1CCC[C@@H](CN(C)[C@H]2CCCC[C@@H]2O)[C@@H]1c1cnn(C)c1. The second-order valence-electron chi connectivity index (χ2n) is 7.78. The third kappa shape index (κ3) is 3.84. The van der Waals surface area contributed by atoms with Crippen molar-refractivity contribution in [3.05, 3.63) is 18.0 Å². The standard InChI is InChI=1S/C19H34N4O/c1-4-23-11-7-8-15(19(23)16-12-20-22(3)14-16)13-21(2)17-9-5-6-10-18(17)24/h12,14-15,17-19,24H,4-11,13H2,1-3H3/t15-,17-,18-,19+/m0/s1. The summed E-state index contributed by atoms with van der Waals surface area (Å²) in [6.45, 7) is 5.60. The van der Waals surface area contributed by atoms with Crippen molar-refractivity contribution in [2.75, 3.05) is 26.7 Å². The van der Waals surface area contributed by atoms with Gasteiger partial charge in [-0.25, -0.2) is 0 Å². The Bertz CT molecular complexity index is 517. The molecule has 1 aromatic rings. The van der Waals surface area contributed by atoms with E-state index < -0.39 is 0 Å². The maximum atomic E-state index is 10.4. The predicted molar refractivity (Wildman–Crippen MR) is 96.8 cm³/mol. The van der Waals surface area contributed by atoms with Gasteiger partial charge in [0.1, 0.15) is 0 Å². The van der Waals surface area contributed by atoms with E-state index in [0.29, 0.717) is 18.0 Å². The van der Waals surface area contributed by atoms with Crippen molar-refractivity contribution in [2.24, 2.45) is 13.0 Å². The van der Waals surface area contributed by atoms with E-state index in [9.17, 15) is 5.11 Å². The molecule has 0 amide bonds. The van der Waals surface area contributed by atoms with Crippen LogP contribution in [-0.4, -0.2) is 63.5 Å². The zero-order valence-electron chi connectivity index (χ0n) is 15.6. The average molecular weight is 335 g/mol. The molecule has 0 unspecified atom stereocenters. The molecule has 1 saturated heterocycles. The van der Waals surface area contributed by atoms with E-state index in [-0.39, 0.29) is 6.10 Å². The van der Waals surface area contributed by atoms with E-state index in [2.05, 4.69) is 35.1 Å². The molecule has 1 aliphatic heterocycles. The molecule has 5 heteroatoms. The van der Waals surface area contributed by atoms with Gasteiger partial charge in [-0.3, -0.25) is 9.58 Å². The Morgan fingerprint density at radius 3 is 2.71 bits per heavy atom. The molecule has 2 fully saturated rings. The number of likely N-dealkylation sites (tertiary alicyclic amines) is 1. The van der Waals surface area contributed by atoms with Crippen LogP contribution in [0.3, 0.4) is 0 Å². The third-order valence-corrected chi connectivity index (χ3v) is 6.12. The average Bonchev–Trinajstić information content (AvgIpc) is 3.01. The summed E-state index contributed by atoms with van der Waals surface area (Å²) < 4.78 is 1.92. The quantitative estimate of drug-likeness (QED) is 0.898. The molecule has 0 bridgehead atoms. The van der Waals surface area contributed by atoms with Crippen LogP contribution in [0.1, 0.15) is 57.1 Å².